The van der Waals surface area contributed by atoms with Gasteiger partial charge in [-0.3, -0.25) is 4.79 Å². The lowest BCUT2D eigenvalue weighted by atomic mass is 10.1. The minimum absolute atomic E-state index is 0.0472. The molecule has 2 rings (SSSR count). The molecule has 0 saturated carbocycles. The highest BCUT2D eigenvalue weighted by Crippen LogP contribution is 2.43. The summed E-state index contributed by atoms with van der Waals surface area (Å²) in [6.45, 7) is 3.23. The van der Waals surface area contributed by atoms with Gasteiger partial charge < -0.3 is 10.2 Å². The summed E-state index contributed by atoms with van der Waals surface area (Å²) in [5.41, 5.74) is 0.0699. The molecule has 0 unspecified atom stereocenters. The number of rotatable bonds is 5. The van der Waals surface area contributed by atoms with E-state index in [0.717, 1.165) is 30.7 Å². The van der Waals surface area contributed by atoms with E-state index >= 15 is 0 Å². The van der Waals surface area contributed by atoms with Crippen LogP contribution >= 0.6 is 11.8 Å². The Morgan fingerprint density at radius 1 is 1.27 bits per heavy atom. The van der Waals surface area contributed by atoms with Crippen LogP contribution in [0, 0.1) is 0 Å². The van der Waals surface area contributed by atoms with Gasteiger partial charge in [0.1, 0.15) is 5.37 Å². The Morgan fingerprint density at radius 2 is 1.91 bits per heavy atom. The smallest absolute Gasteiger partial charge is 0.326 e. The molecule has 2 atom stereocenters. The topological polar surface area (TPSA) is 32.3 Å². The Labute approximate surface area is 132 Å². The van der Waals surface area contributed by atoms with E-state index in [0.29, 0.717) is 6.54 Å². The van der Waals surface area contributed by atoms with Crippen molar-refractivity contribution >= 4 is 17.7 Å². The zero-order chi connectivity index (χ0) is 16.3. The largest absolute Gasteiger partial charge is 0.416 e. The van der Waals surface area contributed by atoms with Gasteiger partial charge >= 0.3 is 6.18 Å². The third-order valence-corrected chi connectivity index (χ3v) is 4.99. The van der Waals surface area contributed by atoms with E-state index < -0.39 is 11.7 Å². The summed E-state index contributed by atoms with van der Waals surface area (Å²) >= 11 is 1.48. The van der Waals surface area contributed by atoms with Gasteiger partial charge in [-0.15, -0.1) is 11.8 Å². The summed E-state index contributed by atoms with van der Waals surface area (Å²) in [6, 6.07) is 5.10. The fourth-order valence-corrected chi connectivity index (χ4v) is 3.73. The van der Waals surface area contributed by atoms with Gasteiger partial charge in [-0.2, -0.15) is 13.2 Å². The molecular weight excluding hydrogens is 313 g/mol. The fraction of sp³-hybridized carbons (Fsp3) is 0.533. The Kier molecular flexibility index (Phi) is 5.39. The number of amides is 1. The lowest BCUT2D eigenvalue weighted by molar-refractivity contribution is -0.137. The predicted molar refractivity (Wildman–Crippen MR) is 81.5 cm³/mol. The molecule has 1 aliphatic rings. The molecule has 1 fully saturated rings. The number of hydrogen-bond acceptors (Lipinski definition) is 3. The first-order chi connectivity index (χ1) is 10.3. The number of alkyl halides is 3. The van der Waals surface area contributed by atoms with Crippen LogP contribution in [0.2, 0.25) is 0 Å². The predicted octanol–water partition coefficient (Wildman–Crippen LogP) is 3.28. The maximum atomic E-state index is 12.6. The Bertz CT molecular complexity index is 519. The highest BCUT2D eigenvalue weighted by Gasteiger charge is 2.38. The van der Waals surface area contributed by atoms with Crippen LogP contribution in [0.4, 0.5) is 13.2 Å². The quantitative estimate of drug-likeness (QED) is 0.840. The third-order valence-electron chi connectivity index (χ3n) is 3.60. The summed E-state index contributed by atoms with van der Waals surface area (Å²) < 4.78 is 37.9. The molecule has 1 heterocycles. The van der Waals surface area contributed by atoms with E-state index in [1.165, 1.54) is 23.9 Å². The molecule has 0 aromatic heterocycles. The molecule has 0 spiro atoms. The van der Waals surface area contributed by atoms with Gasteiger partial charge in [0.25, 0.3) is 0 Å². The molecule has 7 heteroatoms. The summed E-state index contributed by atoms with van der Waals surface area (Å²) in [7, 11) is 1.84. The number of thioether (sulfide) groups is 1. The zero-order valence-electron chi connectivity index (χ0n) is 12.5. The molecule has 0 aliphatic carbocycles. The molecule has 122 valence electrons. The van der Waals surface area contributed by atoms with Crippen LogP contribution in [0.3, 0.4) is 0 Å². The van der Waals surface area contributed by atoms with Gasteiger partial charge in [-0.1, -0.05) is 12.1 Å². The van der Waals surface area contributed by atoms with Crippen LogP contribution in [0.1, 0.15) is 29.8 Å². The van der Waals surface area contributed by atoms with Crippen molar-refractivity contribution in [2.45, 2.75) is 30.1 Å². The Hall–Kier alpha value is -1.21. The highest BCUT2D eigenvalue weighted by atomic mass is 32.2. The first-order valence-corrected chi connectivity index (χ1v) is 8.06. The molecule has 1 saturated heterocycles. The fourth-order valence-electron chi connectivity index (χ4n) is 2.42. The van der Waals surface area contributed by atoms with Crippen molar-refractivity contribution in [3.8, 4) is 0 Å². The lowest BCUT2D eigenvalue weighted by Crippen LogP contribution is -2.32. The minimum Gasteiger partial charge on any atom is -0.326 e. The minimum atomic E-state index is -4.34. The van der Waals surface area contributed by atoms with Crippen LogP contribution in [0.25, 0.3) is 0 Å². The average Bonchev–Trinajstić information content (AvgIpc) is 2.75. The van der Waals surface area contributed by atoms with Crippen LogP contribution in [0.5, 0.6) is 0 Å². The van der Waals surface area contributed by atoms with Crippen LogP contribution < -0.4 is 5.32 Å². The molecule has 1 amide bonds. The van der Waals surface area contributed by atoms with E-state index in [-0.39, 0.29) is 16.5 Å². The van der Waals surface area contributed by atoms with Crippen LogP contribution in [-0.4, -0.2) is 36.2 Å². The van der Waals surface area contributed by atoms with Gasteiger partial charge in [0.2, 0.25) is 5.91 Å². The number of benzene rings is 1. The number of nitrogens with one attached hydrogen (secondary N) is 1. The van der Waals surface area contributed by atoms with Crippen molar-refractivity contribution in [3.63, 3.8) is 0 Å². The summed E-state index contributed by atoms with van der Waals surface area (Å²) in [6.07, 6.45) is -3.52. The second-order valence-electron chi connectivity index (χ2n) is 5.24. The summed E-state index contributed by atoms with van der Waals surface area (Å²) in [5.74, 6) is 0.0472. The van der Waals surface area contributed by atoms with Gasteiger partial charge in [0.15, 0.2) is 0 Å². The molecule has 1 aromatic rings. The van der Waals surface area contributed by atoms with E-state index in [4.69, 9.17) is 0 Å². The molecule has 1 N–H and O–H groups in total. The SMILES string of the molecule is CNCCCN1C(=O)[C@@H](C)S[C@H]1c1ccc(C(F)(F)F)cc1. The van der Waals surface area contributed by atoms with Crippen LogP contribution in [-0.2, 0) is 11.0 Å². The second-order valence-corrected chi connectivity index (χ2v) is 6.66. The number of halogens is 3. The van der Waals surface area contributed by atoms with Gasteiger partial charge in [-0.25, -0.2) is 0 Å². The standard InChI is InChI=1S/C15H19F3N2OS/c1-10-13(21)20(9-3-8-19-2)14(22-10)11-4-6-12(7-5-11)15(16,17)18/h4-7,10,14,19H,3,8-9H2,1-2H3/t10-,14+/m1/s1. The lowest BCUT2D eigenvalue weighted by Gasteiger charge is -2.24. The van der Waals surface area contributed by atoms with Crippen molar-refractivity contribution in [1.29, 1.82) is 0 Å². The van der Waals surface area contributed by atoms with Crippen molar-refractivity contribution < 1.29 is 18.0 Å². The second kappa shape index (κ2) is 6.91. The van der Waals surface area contributed by atoms with Crippen molar-refractivity contribution in [3.05, 3.63) is 35.4 Å². The highest BCUT2D eigenvalue weighted by molar-refractivity contribution is 8.01. The monoisotopic (exact) mass is 332 g/mol. The number of carbonyl (C=O) groups excluding carboxylic acids is 1. The van der Waals surface area contributed by atoms with E-state index in [2.05, 4.69) is 5.32 Å². The van der Waals surface area contributed by atoms with Gasteiger partial charge in [0, 0.05) is 6.54 Å². The number of carbonyl (C=O) groups is 1. The van der Waals surface area contributed by atoms with Gasteiger partial charge in [-0.05, 0) is 44.6 Å². The van der Waals surface area contributed by atoms with E-state index in [1.807, 2.05) is 14.0 Å². The molecule has 0 bridgehead atoms. The molecule has 0 radical (unpaired) electrons. The van der Waals surface area contributed by atoms with Gasteiger partial charge in [0.05, 0.1) is 10.8 Å². The van der Waals surface area contributed by atoms with Crippen molar-refractivity contribution in [1.82, 2.24) is 10.2 Å². The van der Waals surface area contributed by atoms with Crippen molar-refractivity contribution in [2.75, 3.05) is 20.1 Å². The number of hydrogen-bond donors (Lipinski definition) is 1. The summed E-state index contributed by atoms with van der Waals surface area (Å²) in [4.78, 5) is 14.0. The zero-order valence-corrected chi connectivity index (χ0v) is 13.3. The molecule has 1 aliphatic heterocycles. The maximum Gasteiger partial charge on any atom is 0.416 e. The van der Waals surface area contributed by atoms with E-state index in [9.17, 15) is 18.0 Å². The first-order valence-electron chi connectivity index (χ1n) is 7.12. The summed E-state index contributed by atoms with van der Waals surface area (Å²) in [5, 5.41) is 2.65. The number of nitrogens with zero attached hydrogens (tertiary/aromatic N) is 1. The Balaban J connectivity index is 2.16. The average molecular weight is 332 g/mol. The van der Waals surface area contributed by atoms with Crippen LogP contribution in [0.15, 0.2) is 24.3 Å². The van der Waals surface area contributed by atoms with Crippen molar-refractivity contribution in [2.24, 2.45) is 0 Å². The third kappa shape index (κ3) is 3.76. The normalized spacial score (nSPS) is 22.4. The first kappa shape index (κ1) is 17.1. The molecule has 22 heavy (non-hydrogen) atoms. The Morgan fingerprint density at radius 3 is 2.45 bits per heavy atom. The molecule has 1 aromatic carbocycles. The van der Waals surface area contributed by atoms with E-state index in [1.54, 1.807) is 4.90 Å². The molecular formula is C15H19F3N2OS. The maximum absolute atomic E-state index is 12.6. The molecule has 3 nitrogen and oxygen atoms in total.